The number of nitrogens with one attached hydrogen (secondary N) is 1. The number of aromatic nitrogens is 2. The number of carbonyl (C=O) groups is 3. The van der Waals surface area contributed by atoms with E-state index in [2.05, 4.69) is 14.9 Å². The molecule has 1 N–H and O–H groups in total. The summed E-state index contributed by atoms with van der Waals surface area (Å²) in [4.78, 5) is 46.4. The first kappa shape index (κ1) is 22.1. The number of piperazine rings is 1. The van der Waals surface area contributed by atoms with Gasteiger partial charge in [0, 0.05) is 50.4 Å². The molecule has 5 rings (SSSR count). The van der Waals surface area contributed by atoms with Gasteiger partial charge in [-0.1, -0.05) is 31.0 Å². The van der Waals surface area contributed by atoms with Crippen molar-refractivity contribution >= 4 is 34.4 Å². The Morgan fingerprint density at radius 1 is 0.941 bits per heavy atom. The number of hydrogen-bond acceptors (Lipinski definition) is 4. The highest BCUT2D eigenvalue weighted by molar-refractivity contribution is 6.09. The highest BCUT2D eigenvalue weighted by atomic mass is 16.2. The van der Waals surface area contributed by atoms with Crippen LogP contribution in [0.15, 0.2) is 48.8 Å². The van der Waals surface area contributed by atoms with Crippen molar-refractivity contribution in [2.24, 2.45) is 0 Å². The van der Waals surface area contributed by atoms with Gasteiger partial charge < -0.3 is 19.7 Å². The fraction of sp³-hybridized carbons (Fsp3) is 0.385. The molecule has 2 heterocycles. The Kier molecular flexibility index (Phi) is 6.04. The largest absolute Gasteiger partial charge is 0.339 e. The monoisotopic (exact) mass is 459 g/mol. The first-order valence-corrected chi connectivity index (χ1v) is 11.9. The Hall–Kier alpha value is -3.68. The maximum absolute atomic E-state index is 13.7. The van der Waals surface area contributed by atoms with Gasteiger partial charge in [0.1, 0.15) is 0 Å². The minimum Gasteiger partial charge on any atom is -0.339 e. The number of anilines is 1. The van der Waals surface area contributed by atoms with Gasteiger partial charge in [0.05, 0.1) is 22.9 Å². The fourth-order valence-corrected chi connectivity index (χ4v) is 5.05. The van der Waals surface area contributed by atoms with Crippen molar-refractivity contribution in [1.29, 1.82) is 0 Å². The van der Waals surface area contributed by atoms with E-state index in [1.165, 1.54) is 12.8 Å². The Labute approximate surface area is 198 Å². The second kappa shape index (κ2) is 9.29. The molecule has 8 heteroatoms. The normalized spacial score (nSPS) is 16.7. The number of benzene rings is 2. The smallest absolute Gasteiger partial charge is 0.256 e. The van der Waals surface area contributed by atoms with E-state index in [-0.39, 0.29) is 17.7 Å². The Balaban J connectivity index is 1.50. The van der Waals surface area contributed by atoms with E-state index in [1.807, 2.05) is 30.6 Å². The molecule has 0 unspecified atom stereocenters. The Morgan fingerprint density at radius 3 is 2.29 bits per heavy atom. The van der Waals surface area contributed by atoms with Crippen molar-refractivity contribution in [1.82, 2.24) is 19.4 Å². The van der Waals surface area contributed by atoms with E-state index in [0.29, 0.717) is 54.6 Å². The average molecular weight is 460 g/mol. The minimum atomic E-state index is -0.233. The van der Waals surface area contributed by atoms with Gasteiger partial charge in [-0.3, -0.25) is 14.4 Å². The maximum Gasteiger partial charge on any atom is 0.256 e. The lowest BCUT2D eigenvalue weighted by Crippen LogP contribution is -2.50. The van der Waals surface area contributed by atoms with E-state index in [0.717, 1.165) is 18.4 Å². The first-order valence-electron chi connectivity index (χ1n) is 11.9. The molecule has 1 saturated heterocycles. The van der Waals surface area contributed by atoms with Gasteiger partial charge in [-0.15, -0.1) is 0 Å². The summed E-state index contributed by atoms with van der Waals surface area (Å²) in [6.45, 7) is 3.57. The van der Waals surface area contributed by atoms with Crippen molar-refractivity contribution in [2.45, 2.75) is 38.6 Å². The summed E-state index contributed by atoms with van der Waals surface area (Å²) in [6.07, 6.45) is 6.32. The molecule has 2 fully saturated rings. The number of nitrogens with zero attached hydrogens (tertiary/aromatic N) is 4. The third-order valence-corrected chi connectivity index (χ3v) is 6.92. The number of amides is 3. The van der Waals surface area contributed by atoms with Gasteiger partial charge in [0.2, 0.25) is 5.91 Å². The third-order valence-electron chi connectivity index (χ3n) is 6.92. The summed E-state index contributed by atoms with van der Waals surface area (Å²) in [5.41, 5.74) is 3.16. The molecule has 2 aliphatic rings. The van der Waals surface area contributed by atoms with Crippen LogP contribution in [0, 0.1) is 0 Å². The highest BCUT2D eigenvalue weighted by Gasteiger charge is 2.28. The Morgan fingerprint density at radius 2 is 1.62 bits per heavy atom. The molecule has 1 aliphatic carbocycles. The summed E-state index contributed by atoms with van der Waals surface area (Å²) in [5.74, 6) is -0.299. The average Bonchev–Trinajstić information content (AvgIpc) is 3.53. The van der Waals surface area contributed by atoms with Crippen molar-refractivity contribution in [3.63, 3.8) is 0 Å². The van der Waals surface area contributed by atoms with Crippen LogP contribution < -0.4 is 5.32 Å². The van der Waals surface area contributed by atoms with Crippen LogP contribution in [0.4, 0.5) is 5.69 Å². The quantitative estimate of drug-likeness (QED) is 0.644. The second-order valence-corrected chi connectivity index (χ2v) is 9.10. The molecule has 2 aromatic carbocycles. The standard InChI is InChI=1S/C26H29N5O3/c1-18(32)29-11-13-30(14-12-29)26(34)22-15-20(28-25(33)19-7-3-2-4-8-19)16-23-24(22)31(17-27-23)21-9-5-6-10-21/h2-4,7-8,15-17,21H,5-6,9-14H2,1H3,(H,28,33). The van der Waals surface area contributed by atoms with E-state index in [1.54, 1.807) is 34.9 Å². The van der Waals surface area contributed by atoms with Crippen LogP contribution in [-0.2, 0) is 4.79 Å². The highest BCUT2D eigenvalue weighted by Crippen LogP contribution is 2.34. The zero-order valence-electron chi connectivity index (χ0n) is 19.4. The molecular weight excluding hydrogens is 430 g/mol. The van der Waals surface area contributed by atoms with E-state index in [9.17, 15) is 14.4 Å². The zero-order valence-corrected chi connectivity index (χ0v) is 19.4. The molecule has 8 nitrogen and oxygen atoms in total. The molecule has 1 aliphatic heterocycles. The van der Waals surface area contributed by atoms with Crippen LogP contribution in [0.25, 0.3) is 11.0 Å². The maximum atomic E-state index is 13.7. The lowest BCUT2D eigenvalue weighted by atomic mass is 10.1. The molecule has 0 radical (unpaired) electrons. The van der Waals surface area contributed by atoms with Crippen molar-refractivity contribution in [3.8, 4) is 0 Å². The summed E-state index contributed by atoms with van der Waals surface area (Å²) in [5, 5.41) is 2.94. The van der Waals surface area contributed by atoms with Crippen LogP contribution in [-0.4, -0.2) is 63.3 Å². The van der Waals surface area contributed by atoms with Gasteiger partial charge in [-0.05, 0) is 37.1 Å². The summed E-state index contributed by atoms with van der Waals surface area (Å²) >= 11 is 0. The number of rotatable bonds is 4. The molecule has 1 saturated carbocycles. The number of imidazole rings is 1. The fourth-order valence-electron chi connectivity index (χ4n) is 5.05. The second-order valence-electron chi connectivity index (χ2n) is 9.10. The van der Waals surface area contributed by atoms with Crippen LogP contribution in [0.2, 0.25) is 0 Å². The predicted molar refractivity (Wildman–Crippen MR) is 130 cm³/mol. The van der Waals surface area contributed by atoms with Gasteiger partial charge in [0.15, 0.2) is 0 Å². The lowest BCUT2D eigenvalue weighted by Gasteiger charge is -2.34. The molecule has 0 atom stereocenters. The Bertz CT molecular complexity index is 1220. The van der Waals surface area contributed by atoms with E-state index >= 15 is 0 Å². The third kappa shape index (κ3) is 4.27. The molecule has 3 amide bonds. The minimum absolute atomic E-state index is 0.0272. The van der Waals surface area contributed by atoms with Crippen molar-refractivity contribution in [3.05, 3.63) is 59.9 Å². The summed E-state index contributed by atoms with van der Waals surface area (Å²) in [7, 11) is 0. The summed E-state index contributed by atoms with van der Waals surface area (Å²) in [6, 6.07) is 12.9. The molecule has 1 aromatic heterocycles. The van der Waals surface area contributed by atoms with Gasteiger partial charge in [-0.2, -0.15) is 0 Å². The molecule has 0 spiro atoms. The topological polar surface area (TPSA) is 87.5 Å². The van der Waals surface area contributed by atoms with Crippen LogP contribution in [0.5, 0.6) is 0 Å². The van der Waals surface area contributed by atoms with Gasteiger partial charge in [-0.25, -0.2) is 4.98 Å². The number of carbonyl (C=O) groups excluding carboxylic acids is 3. The van der Waals surface area contributed by atoms with Crippen molar-refractivity contribution in [2.75, 3.05) is 31.5 Å². The van der Waals surface area contributed by atoms with Gasteiger partial charge >= 0.3 is 0 Å². The number of fused-ring (bicyclic) bond motifs is 1. The first-order chi connectivity index (χ1) is 16.5. The lowest BCUT2D eigenvalue weighted by molar-refractivity contribution is -0.130. The van der Waals surface area contributed by atoms with Crippen LogP contribution >= 0.6 is 0 Å². The van der Waals surface area contributed by atoms with Crippen LogP contribution in [0.3, 0.4) is 0 Å². The zero-order chi connectivity index (χ0) is 23.7. The molecule has 3 aromatic rings. The van der Waals surface area contributed by atoms with E-state index in [4.69, 9.17) is 0 Å². The van der Waals surface area contributed by atoms with Crippen LogP contribution in [0.1, 0.15) is 59.4 Å². The molecule has 0 bridgehead atoms. The molecular formula is C26H29N5O3. The molecule has 34 heavy (non-hydrogen) atoms. The van der Waals surface area contributed by atoms with E-state index < -0.39 is 0 Å². The van der Waals surface area contributed by atoms with Gasteiger partial charge in [0.25, 0.3) is 11.8 Å². The SMILES string of the molecule is CC(=O)N1CCN(C(=O)c2cc(NC(=O)c3ccccc3)cc3ncn(C4CCCC4)c23)CC1. The molecule has 176 valence electrons. The summed E-state index contributed by atoms with van der Waals surface area (Å²) < 4.78 is 2.14. The number of hydrogen-bond donors (Lipinski definition) is 1. The van der Waals surface area contributed by atoms with Crippen molar-refractivity contribution < 1.29 is 14.4 Å². The predicted octanol–water partition coefficient (Wildman–Crippen LogP) is 3.71.